The molecule has 0 aliphatic carbocycles. The molecule has 4 aromatic rings. The van der Waals surface area contributed by atoms with Crippen molar-refractivity contribution in [1.29, 1.82) is 0 Å². The average molecular weight is 435 g/mol. The summed E-state index contributed by atoms with van der Waals surface area (Å²) in [4.78, 5) is 8.77. The van der Waals surface area contributed by atoms with Gasteiger partial charge in [-0.1, -0.05) is 62.3 Å². The molecule has 0 spiro atoms. The molecule has 1 aromatic carbocycles. The van der Waals surface area contributed by atoms with Crippen LogP contribution < -0.4 is 0 Å². The number of hydrogen-bond acceptors (Lipinski definition) is 7. The van der Waals surface area contributed by atoms with Gasteiger partial charge < -0.3 is 4.52 Å². The van der Waals surface area contributed by atoms with Crippen LogP contribution in [0.2, 0.25) is 0 Å². The quantitative estimate of drug-likeness (QED) is 0.323. The summed E-state index contributed by atoms with van der Waals surface area (Å²) in [5.74, 6) is 3.02. The molecular weight excluding hydrogens is 408 g/mol. The Morgan fingerprint density at radius 3 is 2.74 bits per heavy atom. The lowest BCUT2D eigenvalue weighted by Gasteiger charge is -2.16. The maximum atomic E-state index is 5.43. The predicted octanol–water partition coefficient (Wildman–Crippen LogP) is 5.47. The van der Waals surface area contributed by atoms with E-state index in [0.717, 1.165) is 47.3 Å². The van der Waals surface area contributed by atoms with Gasteiger partial charge in [-0.15, -0.1) is 10.2 Å². The molecule has 0 saturated heterocycles. The molecule has 0 aliphatic heterocycles. The fourth-order valence-electron chi connectivity index (χ4n) is 3.35. The van der Waals surface area contributed by atoms with Crippen LogP contribution in [0.4, 0.5) is 0 Å². The molecule has 3 aromatic heterocycles. The van der Waals surface area contributed by atoms with E-state index in [1.165, 1.54) is 5.56 Å². The lowest BCUT2D eigenvalue weighted by atomic mass is 10.0. The van der Waals surface area contributed by atoms with Crippen LogP contribution >= 0.6 is 11.8 Å². The van der Waals surface area contributed by atoms with Crippen molar-refractivity contribution in [2.75, 3.05) is 0 Å². The standard InChI is InChI=1S/C23H26N6OS/c1-4-5-12-20-25-21(30-28-20)15-31-23-27-26-22(17-9-8-13-24-14-17)29(23)19-11-7-6-10-18(19)16(2)3/h6-11,13-14,16H,4-5,12,15H2,1-3H3. The zero-order valence-corrected chi connectivity index (χ0v) is 18.8. The van der Waals surface area contributed by atoms with Crippen LogP contribution in [0.25, 0.3) is 17.1 Å². The molecule has 0 fully saturated rings. The van der Waals surface area contributed by atoms with E-state index in [4.69, 9.17) is 4.52 Å². The lowest BCUT2D eigenvalue weighted by molar-refractivity contribution is 0.384. The van der Waals surface area contributed by atoms with Crippen molar-refractivity contribution in [3.05, 3.63) is 66.1 Å². The molecule has 8 heteroatoms. The number of para-hydroxylation sites is 1. The number of aryl methyl sites for hydroxylation is 1. The molecule has 0 bridgehead atoms. The minimum atomic E-state index is 0.357. The first-order valence-electron chi connectivity index (χ1n) is 10.6. The number of thioether (sulfide) groups is 1. The van der Waals surface area contributed by atoms with E-state index in [-0.39, 0.29) is 0 Å². The van der Waals surface area contributed by atoms with Crippen LogP contribution in [0.1, 0.15) is 56.8 Å². The smallest absolute Gasteiger partial charge is 0.237 e. The number of benzene rings is 1. The summed E-state index contributed by atoms with van der Waals surface area (Å²) < 4.78 is 7.54. The van der Waals surface area contributed by atoms with Gasteiger partial charge in [0, 0.05) is 24.4 Å². The molecule has 0 radical (unpaired) electrons. The van der Waals surface area contributed by atoms with Crippen molar-refractivity contribution in [2.24, 2.45) is 0 Å². The second-order valence-electron chi connectivity index (χ2n) is 7.59. The zero-order chi connectivity index (χ0) is 21.6. The third kappa shape index (κ3) is 4.85. The van der Waals surface area contributed by atoms with Crippen LogP contribution in [0.5, 0.6) is 0 Å². The maximum absolute atomic E-state index is 5.43. The van der Waals surface area contributed by atoms with E-state index in [9.17, 15) is 0 Å². The zero-order valence-electron chi connectivity index (χ0n) is 18.0. The summed E-state index contributed by atoms with van der Waals surface area (Å²) in [5, 5.41) is 13.9. The Labute approximate surface area is 186 Å². The summed E-state index contributed by atoms with van der Waals surface area (Å²) in [7, 11) is 0. The summed E-state index contributed by atoms with van der Waals surface area (Å²) in [6, 6.07) is 12.3. The number of aromatic nitrogens is 6. The van der Waals surface area contributed by atoms with Gasteiger partial charge in [0.1, 0.15) is 0 Å². The van der Waals surface area contributed by atoms with Crippen molar-refractivity contribution in [3.8, 4) is 17.1 Å². The number of hydrogen-bond donors (Lipinski definition) is 0. The van der Waals surface area contributed by atoms with E-state index in [0.29, 0.717) is 17.6 Å². The first kappa shape index (κ1) is 21.2. The molecule has 7 nitrogen and oxygen atoms in total. The summed E-state index contributed by atoms with van der Waals surface area (Å²) in [6.45, 7) is 6.53. The third-order valence-corrected chi connectivity index (χ3v) is 5.86. The molecule has 31 heavy (non-hydrogen) atoms. The van der Waals surface area contributed by atoms with Crippen molar-refractivity contribution >= 4 is 11.8 Å². The minimum Gasteiger partial charge on any atom is -0.338 e. The van der Waals surface area contributed by atoms with E-state index < -0.39 is 0 Å². The Bertz CT molecular complexity index is 1120. The SMILES string of the molecule is CCCCc1noc(CSc2nnc(-c3cccnc3)n2-c2ccccc2C(C)C)n1. The molecule has 160 valence electrons. The van der Waals surface area contributed by atoms with Crippen molar-refractivity contribution < 1.29 is 4.52 Å². The minimum absolute atomic E-state index is 0.357. The van der Waals surface area contributed by atoms with Crippen molar-refractivity contribution in [1.82, 2.24) is 29.9 Å². The Kier molecular flexibility index (Phi) is 6.76. The molecule has 0 aliphatic rings. The van der Waals surface area contributed by atoms with Crippen LogP contribution in [-0.4, -0.2) is 29.9 Å². The van der Waals surface area contributed by atoms with Gasteiger partial charge in [0.2, 0.25) is 5.89 Å². The second-order valence-corrected chi connectivity index (χ2v) is 8.54. The summed E-state index contributed by atoms with van der Waals surface area (Å²) >= 11 is 1.54. The summed E-state index contributed by atoms with van der Waals surface area (Å²) in [5.41, 5.74) is 3.21. The van der Waals surface area contributed by atoms with E-state index >= 15 is 0 Å². The second kappa shape index (κ2) is 9.87. The van der Waals surface area contributed by atoms with Crippen LogP contribution in [0.3, 0.4) is 0 Å². The van der Waals surface area contributed by atoms with Gasteiger partial charge >= 0.3 is 0 Å². The largest absolute Gasteiger partial charge is 0.338 e. The van der Waals surface area contributed by atoms with E-state index in [2.05, 4.69) is 68.9 Å². The van der Waals surface area contributed by atoms with Gasteiger partial charge in [-0.05, 0) is 36.1 Å². The molecular formula is C23H26N6OS. The van der Waals surface area contributed by atoms with Gasteiger partial charge in [-0.2, -0.15) is 4.98 Å². The Morgan fingerprint density at radius 2 is 1.97 bits per heavy atom. The molecule has 0 saturated carbocycles. The predicted molar refractivity (Wildman–Crippen MR) is 121 cm³/mol. The van der Waals surface area contributed by atoms with Gasteiger partial charge in [-0.25, -0.2) is 0 Å². The van der Waals surface area contributed by atoms with Crippen molar-refractivity contribution in [3.63, 3.8) is 0 Å². The van der Waals surface area contributed by atoms with Crippen LogP contribution in [0.15, 0.2) is 58.5 Å². The van der Waals surface area contributed by atoms with Gasteiger partial charge in [0.25, 0.3) is 0 Å². The fourth-order valence-corrected chi connectivity index (χ4v) is 4.14. The number of pyridine rings is 1. The highest BCUT2D eigenvalue weighted by molar-refractivity contribution is 7.98. The first-order valence-corrected chi connectivity index (χ1v) is 11.5. The highest BCUT2D eigenvalue weighted by Crippen LogP contribution is 2.32. The molecule has 0 N–H and O–H groups in total. The Morgan fingerprint density at radius 1 is 1.10 bits per heavy atom. The molecule has 3 heterocycles. The van der Waals surface area contributed by atoms with Gasteiger partial charge in [0.05, 0.1) is 11.4 Å². The maximum Gasteiger partial charge on any atom is 0.237 e. The van der Waals surface area contributed by atoms with Crippen molar-refractivity contribution in [2.45, 2.75) is 56.9 Å². The normalized spacial score (nSPS) is 11.4. The molecule has 0 amide bonds. The highest BCUT2D eigenvalue weighted by atomic mass is 32.2. The fraction of sp³-hybridized carbons (Fsp3) is 0.348. The Hall–Kier alpha value is -3.00. The summed E-state index contributed by atoms with van der Waals surface area (Å²) in [6.07, 6.45) is 6.57. The molecule has 0 unspecified atom stereocenters. The lowest BCUT2D eigenvalue weighted by Crippen LogP contribution is -2.05. The Balaban J connectivity index is 1.69. The first-order chi connectivity index (χ1) is 15.2. The average Bonchev–Trinajstić information content (AvgIpc) is 3.43. The van der Waals surface area contributed by atoms with E-state index in [1.807, 2.05) is 24.4 Å². The number of unbranched alkanes of at least 4 members (excludes halogenated alkanes) is 1. The number of nitrogens with zero attached hydrogens (tertiary/aromatic N) is 6. The molecule has 0 atom stereocenters. The van der Waals surface area contributed by atoms with Gasteiger partial charge in [-0.3, -0.25) is 9.55 Å². The monoisotopic (exact) mass is 434 g/mol. The highest BCUT2D eigenvalue weighted by Gasteiger charge is 2.20. The van der Waals surface area contributed by atoms with Crippen LogP contribution in [0, 0.1) is 0 Å². The topological polar surface area (TPSA) is 82.5 Å². The third-order valence-electron chi connectivity index (χ3n) is 4.94. The molecule has 4 rings (SSSR count). The van der Waals surface area contributed by atoms with E-state index in [1.54, 1.807) is 18.0 Å². The number of rotatable bonds is 9. The van der Waals surface area contributed by atoms with Crippen LogP contribution in [-0.2, 0) is 12.2 Å². The van der Waals surface area contributed by atoms with Gasteiger partial charge in [0.15, 0.2) is 16.8 Å².